The van der Waals surface area contributed by atoms with Crippen molar-refractivity contribution >= 4 is 26.9 Å². The number of hydrogen-bond acceptors (Lipinski definition) is 3. The maximum absolute atomic E-state index is 12.8. The molecule has 0 aliphatic heterocycles. The van der Waals surface area contributed by atoms with Crippen LogP contribution in [0.3, 0.4) is 0 Å². The van der Waals surface area contributed by atoms with E-state index in [1.54, 1.807) is 10.6 Å². The van der Waals surface area contributed by atoms with Crippen molar-refractivity contribution in [1.82, 2.24) is 9.29 Å². The first kappa shape index (κ1) is 21.8. The standard InChI is InChI=1S/C25H24N2O4S/c28-25(29)24-18-21-17-22(32(30,31)26-15-13-19-7-3-1-4-8-19)11-12-23(21)27(24)16-14-20-9-5-2-6-10-20/h1-12,17-18,26H,13-16H2,(H,28,29). The lowest BCUT2D eigenvalue weighted by atomic mass is 10.1. The van der Waals surface area contributed by atoms with Gasteiger partial charge in [0.15, 0.2) is 0 Å². The quantitative estimate of drug-likeness (QED) is 0.403. The number of aromatic nitrogens is 1. The number of aromatic carboxylic acids is 1. The molecule has 0 bridgehead atoms. The van der Waals surface area contributed by atoms with Crippen molar-refractivity contribution in [3.8, 4) is 0 Å². The van der Waals surface area contributed by atoms with E-state index in [0.717, 1.165) is 11.1 Å². The molecule has 32 heavy (non-hydrogen) atoms. The Morgan fingerprint density at radius 2 is 1.47 bits per heavy atom. The van der Waals surface area contributed by atoms with Gasteiger partial charge >= 0.3 is 5.97 Å². The number of fused-ring (bicyclic) bond motifs is 1. The van der Waals surface area contributed by atoms with Gasteiger partial charge in [-0.1, -0.05) is 60.7 Å². The highest BCUT2D eigenvalue weighted by molar-refractivity contribution is 7.89. The molecule has 0 spiro atoms. The van der Waals surface area contributed by atoms with Crippen molar-refractivity contribution in [2.24, 2.45) is 0 Å². The van der Waals surface area contributed by atoms with Gasteiger partial charge in [-0.3, -0.25) is 0 Å². The van der Waals surface area contributed by atoms with Gasteiger partial charge in [0.1, 0.15) is 5.69 Å². The van der Waals surface area contributed by atoms with Gasteiger partial charge in [0.2, 0.25) is 10.0 Å². The molecule has 0 radical (unpaired) electrons. The summed E-state index contributed by atoms with van der Waals surface area (Å²) < 4.78 is 29.9. The maximum Gasteiger partial charge on any atom is 0.352 e. The molecule has 4 aromatic rings. The summed E-state index contributed by atoms with van der Waals surface area (Å²) in [5.74, 6) is -1.04. The van der Waals surface area contributed by atoms with E-state index in [1.165, 1.54) is 18.2 Å². The zero-order valence-electron chi connectivity index (χ0n) is 17.4. The maximum atomic E-state index is 12.8. The van der Waals surface area contributed by atoms with Gasteiger partial charge in [0.05, 0.1) is 4.90 Å². The molecule has 0 unspecified atom stereocenters. The molecule has 0 saturated carbocycles. The third-order valence-electron chi connectivity index (χ3n) is 5.42. The summed E-state index contributed by atoms with van der Waals surface area (Å²) in [6.07, 6.45) is 1.26. The lowest BCUT2D eigenvalue weighted by Crippen LogP contribution is -2.26. The summed E-state index contributed by atoms with van der Waals surface area (Å²) >= 11 is 0. The zero-order chi connectivity index (χ0) is 22.6. The smallest absolute Gasteiger partial charge is 0.352 e. The normalized spacial score (nSPS) is 11.6. The Bertz CT molecular complexity index is 1330. The Labute approximate surface area is 187 Å². The zero-order valence-corrected chi connectivity index (χ0v) is 18.3. The van der Waals surface area contributed by atoms with Crippen LogP contribution in [0.15, 0.2) is 89.8 Å². The van der Waals surface area contributed by atoms with Crippen LogP contribution in [-0.2, 0) is 29.4 Å². The lowest BCUT2D eigenvalue weighted by molar-refractivity contribution is 0.0685. The van der Waals surface area contributed by atoms with Crippen molar-refractivity contribution in [3.05, 3.63) is 102 Å². The van der Waals surface area contributed by atoms with Crippen LogP contribution >= 0.6 is 0 Å². The molecule has 0 amide bonds. The van der Waals surface area contributed by atoms with Gasteiger partial charge in [0.25, 0.3) is 0 Å². The number of carboxylic acid groups (broad SMARTS) is 1. The summed E-state index contributed by atoms with van der Waals surface area (Å²) in [5.41, 5.74) is 2.99. The number of hydrogen-bond donors (Lipinski definition) is 2. The minimum Gasteiger partial charge on any atom is -0.477 e. The fraction of sp³-hybridized carbons (Fsp3) is 0.160. The average molecular weight is 449 g/mol. The molecule has 6 nitrogen and oxygen atoms in total. The van der Waals surface area contributed by atoms with Crippen LogP contribution in [0, 0.1) is 0 Å². The van der Waals surface area contributed by atoms with Crippen LogP contribution < -0.4 is 4.72 Å². The molecule has 1 heterocycles. The second-order valence-electron chi connectivity index (χ2n) is 7.58. The third-order valence-corrected chi connectivity index (χ3v) is 6.88. The Morgan fingerprint density at radius 3 is 2.09 bits per heavy atom. The summed E-state index contributed by atoms with van der Waals surface area (Å²) in [4.78, 5) is 11.9. The van der Waals surface area contributed by atoms with Crippen LogP contribution in [0.2, 0.25) is 0 Å². The third kappa shape index (κ3) is 4.90. The van der Waals surface area contributed by atoms with Crippen molar-refractivity contribution in [2.45, 2.75) is 24.3 Å². The highest BCUT2D eigenvalue weighted by Crippen LogP contribution is 2.24. The molecule has 164 valence electrons. The number of nitrogens with zero attached hydrogens (tertiary/aromatic N) is 1. The van der Waals surface area contributed by atoms with Crippen molar-refractivity contribution in [2.75, 3.05) is 6.54 Å². The predicted molar refractivity (Wildman–Crippen MR) is 124 cm³/mol. The number of nitrogens with one attached hydrogen (secondary N) is 1. The molecule has 1 aromatic heterocycles. The SMILES string of the molecule is O=C(O)c1cc2cc(S(=O)(=O)NCCc3ccccc3)ccc2n1CCc1ccccc1. The van der Waals surface area contributed by atoms with Crippen molar-refractivity contribution in [3.63, 3.8) is 0 Å². The predicted octanol–water partition coefficient (Wildman–Crippen LogP) is 4.10. The second-order valence-corrected chi connectivity index (χ2v) is 9.34. The molecule has 3 aromatic carbocycles. The number of benzene rings is 3. The van der Waals surface area contributed by atoms with Crippen LogP contribution in [0.25, 0.3) is 10.9 Å². The Morgan fingerprint density at radius 1 is 0.844 bits per heavy atom. The Kier molecular flexibility index (Phi) is 6.39. The summed E-state index contributed by atoms with van der Waals surface area (Å²) in [6, 6.07) is 25.8. The molecular weight excluding hydrogens is 424 g/mol. The Balaban J connectivity index is 1.56. The van der Waals surface area contributed by atoms with Gasteiger partial charge in [-0.05, 0) is 48.2 Å². The molecular formula is C25H24N2O4S. The summed E-state index contributed by atoms with van der Waals surface area (Å²) in [5, 5.41) is 10.3. The van der Waals surface area contributed by atoms with Gasteiger partial charge in [-0.15, -0.1) is 0 Å². The molecule has 7 heteroatoms. The number of carbonyl (C=O) groups is 1. The molecule has 4 rings (SSSR count). The first-order valence-electron chi connectivity index (χ1n) is 10.4. The first-order chi connectivity index (χ1) is 15.4. The Hall–Kier alpha value is -3.42. The first-order valence-corrected chi connectivity index (χ1v) is 11.9. The van der Waals surface area contributed by atoms with Crippen LogP contribution in [0.1, 0.15) is 21.6 Å². The molecule has 0 atom stereocenters. The second kappa shape index (κ2) is 9.38. The van der Waals surface area contributed by atoms with Crippen LogP contribution in [-0.4, -0.2) is 30.6 Å². The minimum absolute atomic E-state index is 0.121. The van der Waals surface area contributed by atoms with E-state index in [2.05, 4.69) is 4.72 Å². The van der Waals surface area contributed by atoms with Gasteiger partial charge in [0, 0.05) is 24.0 Å². The molecule has 0 aliphatic rings. The minimum atomic E-state index is -3.71. The van der Waals surface area contributed by atoms with Crippen LogP contribution in [0.5, 0.6) is 0 Å². The van der Waals surface area contributed by atoms with E-state index >= 15 is 0 Å². The molecule has 0 saturated heterocycles. The highest BCUT2D eigenvalue weighted by atomic mass is 32.2. The summed E-state index contributed by atoms with van der Waals surface area (Å²) in [7, 11) is -3.71. The van der Waals surface area contributed by atoms with Crippen LogP contribution in [0.4, 0.5) is 0 Å². The topological polar surface area (TPSA) is 88.4 Å². The van der Waals surface area contributed by atoms with Gasteiger partial charge in [-0.25, -0.2) is 17.9 Å². The lowest BCUT2D eigenvalue weighted by Gasteiger charge is -2.10. The van der Waals surface area contributed by atoms with Gasteiger partial charge in [-0.2, -0.15) is 0 Å². The monoisotopic (exact) mass is 448 g/mol. The largest absolute Gasteiger partial charge is 0.477 e. The van der Waals surface area contributed by atoms with Gasteiger partial charge < -0.3 is 9.67 Å². The van der Waals surface area contributed by atoms with E-state index in [9.17, 15) is 18.3 Å². The fourth-order valence-corrected chi connectivity index (χ4v) is 4.84. The van der Waals surface area contributed by atoms with E-state index < -0.39 is 16.0 Å². The van der Waals surface area contributed by atoms with Crippen molar-refractivity contribution in [1.29, 1.82) is 0 Å². The van der Waals surface area contributed by atoms with E-state index in [4.69, 9.17) is 0 Å². The number of rotatable bonds is 9. The molecule has 0 fully saturated rings. The summed E-state index contributed by atoms with van der Waals surface area (Å²) in [6.45, 7) is 0.763. The van der Waals surface area contributed by atoms with E-state index in [0.29, 0.717) is 30.3 Å². The van der Waals surface area contributed by atoms with Crippen molar-refractivity contribution < 1.29 is 18.3 Å². The molecule has 2 N–H and O–H groups in total. The number of aryl methyl sites for hydroxylation is 2. The van der Waals surface area contributed by atoms with E-state index in [1.807, 2.05) is 60.7 Å². The fourth-order valence-electron chi connectivity index (χ4n) is 3.78. The molecule has 0 aliphatic carbocycles. The average Bonchev–Trinajstić information content (AvgIpc) is 3.17. The van der Waals surface area contributed by atoms with E-state index in [-0.39, 0.29) is 17.1 Å². The highest BCUT2D eigenvalue weighted by Gasteiger charge is 2.19. The number of sulfonamides is 1. The number of carboxylic acids is 1.